The predicted molar refractivity (Wildman–Crippen MR) is 107 cm³/mol. The maximum Gasteiger partial charge on any atom is 0.102 e. The smallest absolute Gasteiger partial charge is 0.102 e. The molecule has 0 aromatic heterocycles. The zero-order valence-corrected chi connectivity index (χ0v) is 17.0. The molecule has 0 fully saturated rings. The molecule has 0 saturated carbocycles. The maximum atomic E-state index is 9.61. The Labute approximate surface area is 156 Å². The number of nitrogens with one attached hydrogen (secondary N) is 1. The molecule has 0 aliphatic heterocycles. The molecule has 2 atom stereocenters. The van der Waals surface area contributed by atoms with Crippen molar-refractivity contribution < 1.29 is 14.9 Å². The number of unbranched alkanes of at least 4 members (excludes halogenated alkanes) is 13. The fourth-order valence-electron chi connectivity index (χ4n) is 2.98. The molecule has 152 valence electrons. The number of aliphatic hydroxyl groups excluding tert-OH is 2. The second-order valence-electron chi connectivity index (χ2n) is 7.41. The Morgan fingerprint density at radius 3 is 1.60 bits per heavy atom. The van der Waals surface area contributed by atoms with E-state index in [4.69, 9.17) is 9.84 Å². The van der Waals surface area contributed by atoms with Crippen LogP contribution in [0.4, 0.5) is 0 Å². The lowest BCUT2D eigenvalue weighted by atomic mass is 10.0. The highest BCUT2D eigenvalue weighted by Gasteiger charge is 2.04. The molecule has 0 bridgehead atoms. The third-order valence-electron chi connectivity index (χ3n) is 4.60. The Bertz CT molecular complexity index is 249. The summed E-state index contributed by atoms with van der Waals surface area (Å²) in [5, 5.41) is 21.4. The third-order valence-corrected chi connectivity index (χ3v) is 4.60. The molecule has 0 aromatic carbocycles. The van der Waals surface area contributed by atoms with Gasteiger partial charge in [-0.25, -0.2) is 0 Å². The molecule has 0 rings (SSSR count). The van der Waals surface area contributed by atoms with Gasteiger partial charge in [0.05, 0.1) is 12.7 Å². The molecule has 0 amide bonds. The zero-order chi connectivity index (χ0) is 18.6. The molecule has 0 aromatic rings. The van der Waals surface area contributed by atoms with Crippen LogP contribution in [0, 0.1) is 0 Å². The summed E-state index contributed by atoms with van der Waals surface area (Å²) in [4.78, 5) is 0. The summed E-state index contributed by atoms with van der Waals surface area (Å²) in [5.41, 5.74) is 0. The lowest BCUT2D eigenvalue weighted by molar-refractivity contribution is 0.0265. The van der Waals surface area contributed by atoms with Gasteiger partial charge in [0.1, 0.15) is 6.23 Å². The SMILES string of the molecule is CCCCCCCCCCCCCCCCOCC(O)CNC(C)O. The largest absolute Gasteiger partial charge is 0.389 e. The number of hydrogen-bond acceptors (Lipinski definition) is 4. The Morgan fingerprint density at radius 2 is 1.16 bits per heavy atom. The van der Waals surface area contributed by atoms with Crippen LogP contribution in [0.2, 0.25) is 0 Å². The van der Waals surface area contributed by atoms with Gasteiger partial charge in [-0.3, -0.25) is 5.32 Å². The Kier molecular flexibility index (Phi) is 20.0. The average molecular weight is 360 g/mol. The second kappa shape index (κ2) is 20.2. The van der Waals surface area contributed by atoms with Crippen LogP contribution >= 0.6 is 0 Å². The molecule has 4 heteroatoms. The van der Waals surface area contributed by atoms with Crippen molar-refractivity contribution >= 4 is 0 Å². The minimum atomic E-state index is -0.583. The number of ether oxygens (including phenoxy) is 1. The Balaban J connectivity index is 3.07. The highest BCUT2D eigenvalue weighted by molar-refractivity contribution is 4.58. The van der Waals surface area contributed by atoms with Gasteiger partial charge in [-0.15, -0.1) is 0 Å². The standard InChI is InChI=1S/C21H45NO3/c1-3-4-5-6-7-8-9-10-11-12-13-14-15-16-17-25-19-21(24)18-22-20(2)23/h20-24H,3-19H2,1-2H3. The van der Waals surface area contributed by atoms with Crippen molar-refractivity contribution in [2.24, 2.45) is 0 Å². The van der Waals surface area contributed by atoms with E-state index >= 15 is 0 Å². The lowest BCUT2D eigenvalue weighted by Crippen LogP contribution is -2.35. The van der Waals surface area contributed by atoms with Crippen molar-refractivity contribution in [3.63, 3.8) is 0 Å². The molecular weight excluding hydrogens is 314 g/mol. The molecule has 0 aliphatic carbocycles. The Morgan fingerprint density at radius 1 is 0.720 bits per heavy atom. The summed E-state index contributed by atoms with van der Waals surface area (Å²) >= 11 is 0. The van der Waals surface area contributed by atoms with Crippen LogP contribution in [0.15, 0.2) is 0 Å². The van der Waals surface area contributed by atoms with Crippen LogP contribution in [0.3, 0.4) is 0 Å². The lowest BCUT2D eigenvalue weighted by Gasteiger charge is -2.13. The zero-order valence-electron chi connectivity index (χ0n) is 17.0. The van der Waals surface area contributed by atoms with E-state index in [1.54, 1.807) is 6.92 Å². The van der Waals surface area contributed by atoms with E-state index in [0.29, 0.717) is 13.2 Å². The highest BCUT2D eigenvalue weighted by atomic mass is 16.5. The summed E-state index contributed by atoms with van der Waals surface area (Å²) in [6.45, 7) is 5.36. The Hall–Kier alpha value is -0.160. The van der Waals surface area contributed by atoms with Crippen LogP contribution in [0.1, 0.15) is 104 Å². The van der Waals surface area contributed by atoms with Crippen molar-refractivity contribution in [2.45, 2.75) is 116 Å². The van der Waals surface area contributed by atoms with Crippen LogP contribution in [0.25, 0.3) is 0 Å². The molecule has 0 saturated heterocycles. The minimum absolute atomic E-state index is 0.345. The van der Waals surface area contributed by atoms with Gasteiger partial charge in [-0.1, -0.05) is 90.4 Å². The van der Waals surface area contributed by atoms with E-state index in [2.05, 4.69) is 12.2 Å². The van der Waals surface area contributed by atoms with Gasteiger partial charge in [0, 0.05) is 13.2 Å². The van der Waals surface area contributed by atoms with Crippen molar-refractivity contribution in [3.05, 3.63) is 0 Å². The van der Waals surface area contributed by atoms with Gasteiger partial charge in [0.2, 0.25) is 0 Å². The third kappa shape index (κ3) is 21.8. The topological polar surface area (TPSA) is 61.7 Å². The van der Waals surface area contributed by atoms with Gasteiger partial charge in [-0.05, 0) is 13.3 Å². The van der Waals surface area contributed by atoms with E-state index in [-0.39, 0.29) is 0 Å². The first-order valence-electron chi connectivity index (χ1n) is 10.8. The van der Waals surface area contributed by atoms with Crippen molar-refractivity contribution in [3.8, 4) is 0 Å². The first kappa shape index (κ1) is 24.8. The van der Waals surface area contributed by atoms with E-state index in [1.165, 1.54) is 83.5 Å². The van der Waals surface area contributed by atoms with Gasteiger partial charge >= 0.3 is 0 Å². The summed E-state index contributed by atoms with van der Waals surface area (Å²) in [6.07, 6.45) is 17.9. The van der Waals surface area contributed by atoms with E-state index in [9.17, 15) is 5.11 Å². The minimum Gasteiger partial charge on any atom is -0.389 e. The quantitative estimate of drug-likeness (QED) is 0.216. The molecule has 0 radical (unpaired) electrons. The second-order valence-corrected chi connectivity index (χ2v) is 7.41. The first-order valence-corrected chi connectivity index (χ1v) is 10.8. The van der Waals surface area contributed by atoms with Crippen molar-refractivity contribution in [2.75, 3.05) is 19.8 Å². The molecule has 0 spiro atoms. The van der Waals surface area contributed by atoms with E-state index < -0.39 is 12.3 Å². The molecule has 0 aliphatic rings. The average Bonchev–Trinajstić information content (AvgIpc) is 2.59. The molecular formula is C21H45NO3. The first-order chi connectivity index (χ1) is 12.2. The van der Waals surface area contributed by atoms with E-state index in [0.717, 1.165) is 13.0 Å². The van der Waals surface area contributed by atoms with Gasteiger partial charge in [0.25, 0.3) is 0 Å². The highest BCUT2D eigenvalue weighted by Crippen LogP contribution is 2.12. The number of hydrogen-bond donors (Lipinski definition) is 3. The van der Waals surface area contributed by atoms with Crippen LogP contribution in [0.5, 0.6) is 0 Å². The van der Waals surface area contributed by atoms with Crippen LogP contribution < -0.4 is 5.32 Å². The van der Waals surface area contributed by atoms with Gasteiger partial charge in [-0.2, -0.15) is 0 Å². The molecule has 25 heavy (non-hydrogen) atoms. The van der Waals surface area contributed by atoms with Crippen molar-refractivity contribution in [1.29, 1.82) is 0 Å². The molecule has 2 unspecified atom stereocenters. The maximum absolute atomic E-state index is 9.61. The predicted octanol–water partition coefficient (Wildman–Crippen LogP) is 4.77. The number of aliphatic hydroxyl groups is 2. The summed E-state index contributed by atoms with van der Waals surface area (Å²) in [5.74, 6) is 0. The van der Waals surface area contributed by atoms with Crippen LogP contribution in [-0.2, 0) is 4.74 Å². The molecule has 0 heterocycles. The van der Waals surface area contributed by atoms with Gasteiger partial charge in [0.15, 0.2) is 0 Å². The summed E-state index contributed by atoms with van der Waals surface area (Å²) in [6, 6.07) is 0. The fourth-order valence-corrected chi connectivity index (χ4v) is 2.98. The van der Waals surface area contributed by atoms with E-state index in [1.807, 2.05) is 0 Å². The van der Waals surface area contributed by atoms with Crippen molar-refractivity contribution in [1.82, 2.24) is 5.32 Å². The number of rotatable bonds is 20. The normalized spacial score (nSPS) is 13.9. The summed E-state index contributed by atoms with van der Waals surface area (Å²) < 4.78 is 5.46. The fraction of sp³-hybridized carbons (Fsp3) is 1.00. The molecule has 4 nitrogen and oxygen atoms in total. The summed E-state index contributed by atoms with van der Waals surface area (Å²) in [7, 11) is 0. The molecule has 3 N–H and O–H groups in total. The van der Waals surface area contributed by atoms with Crippen LogP contribution in [-0.4, -0.2) is 42.3 Å². The monoisotopic (exact) mass is 359 g/mol. The van der Waals surface area contributed by atoms with Gasteiger partial charge < -0.3 is 14.9 Å².